The zero-order valence-corrected chi connectivity index (χ0v) is 24.6. The van der Waals surface area contributed by atoms with Gasteiger partial charge < -0.3 is 20.1 Å². The molecule has 2 amide bonds. The lowest BCUT2D eigenvalue weighted by Crippen LogP contribution is -2.40. The molecule has 0 unspecified atom stereocenters. The van der Waals surface area contributed by atoms with Crippen LogP contribution in [0.5, 0.6) is 0 Å². The third kappa shape index (κ3) is 11.0. The molecule has 0 aliphatic carbocycles. The van der Waals surface area contributed by atoms with Gasteiger partial charge in [-0.15, -0.1) is 13.2 Å². The van der Waals surface area contributed by atoms with E-state index in [4.69, 9.17) is 4.74 Å². The summed E-state index contributed by atoms with van der Waals surface area (Å²) in [4.78, 5) is 41.6. The van der Waals surface area contributed by atoms with Gasteiger partial charge in [-0.3, -0.25) is 14.4 Å². The maximum atomic E-state index is 13.6. The molecule has 3 rings (SSSR count). The molecule has 0 radical (unpaired) electrons. The fraction of sp³-hybridized carbons (Fsp3) is 0.306. The highest BCUT2D eigenvalue weighted by Crippen LogP contribution is 2.21. The zero-order chi connectivity index (χ0) is 30.9. The van der Waals surface area contributed by atoms with Gasteiger partial charge in [0.1, 0.15) is 6.61 Å². The van der Waals surface area contributed by atoms with Gasteiger partial charge in [-0.05, 0) is 36.0 Å². The van der Waals surface area contributed by atoms with Crippen LogP contribution < -0.4 is 5.32 Å². The SMILES string of the molecule is C=CC[C@@H](CC(=O)N(CCO)Cc1ccccc1)C(=O)N[C@H](COC(=O)[C@H](CC=C)Cc1ccccc1)c1ccccc1. The van der Waals surface area contributed by atoms with Crippen LogP contribution in [0.15, 0.2) is 116 Å². The van der Waals surface area contributed by atoms with E-state index in [0.717, 1.165) is 16.7 Å². The number of nitrogens with one attached hydrogen (secondary N) is 1. The molecule has 0 spiro atoms. The average Bonchev–Trinajstić information content (AvgIpc) is 3.03. The Morgan fingerprint density at radius 2 is 1.37 bits per heavy atom. The van der Waals surface area contributed by atoms with E-state index >= 15 is 0 Å². The van der Waals surface area contributed by atoms with Gasteiger partial charge in [-0.1, -0.05) is 103 Å². The number of carbonyl (C=O) groups is 3. The largest absolute Gasteiger partial charge is 0.463 e. The van der Waals surface area contributed by atoms with E-state index in [9.17, 15) is 19.5 Å². The van der Waals surface area contributed by atoms with Gasteiger partial charge in [-0.2, -0.15) is 0 Å². The van der Waals surface area contributed by atoms with Gasteiger partial charge in [0.2, 0.25) is 11.8 Å². The van der Waals surface area contributed by atoms with Crippen molar-refractivity contribution in [3.05, 3.63) is 133 Å². The maximum Gasteiger partial charge on any atom is 0.309 e. The van der Waals surface area contributed by atoms with Crippen LogP contribution in [0.2, 0.25) is 0 Å². The molecule has 7 heteroatoms. The summed E-state index contributed by atoms with van der Waals surface area (Å²) in [6.45, 7) is 7.83. The number of esters is 1. The Morgan fingerprint density at radius 3 is 1.95 bits per heavy atom. The highest BCUT2D eigenvalue weighted by atomic mass is 16.5. The van der Waals surface area contributed by atoms with Gasteiger partial charge in [0.15, 0.2) is 0 Å². The molecular formula is C36H42N2O5. The van der Waals surface area contributed by atoms with Gasteiger partial charge >= 0.3 is 5.97 Å². The lowest BCUT2D eigenvalue weighted by molar-refractivity contribution is -0.150. The third-order valence-corrected chi connectivity index (χ3v) is 7.20. The van der Waals surface area contributed by atoms with Crippen LogP contribution in [0.3, 0.4) is 0 Å². The fourth-order valence-electron chi connectivity index (χ4n) is 4.88. The summed E-state index contributed by atoms with van der Waals surface area (Å²) in [5.74, 6) is -2.03. The number of rotatable bonds is 18. The van der Waals surface area contributed by atoms with Crippen molar-refractivity contribution in [1.82, 2.24) is 10.2 Å². The summed E-state index contributed by atoms with van der Waals surface area (Å²) in [5.41, 5.74) is 2.74. The van der Waals surface area contributed by atoms with Crippen molar-refractivity contribution in [3.63, 3.8) is 0 Å². The van der Waals surface area contributed by atoms with Crippen molar-refractivity contribution in [2.75, 3.05) is 19.8 Å². The van der Waals surface area contributed by atoms with Crippen LogP contribution in [0, 0.1) is 11.8 Å². The fourth-order valence-corrected chi connectivity index (χ4v) is 4.88. The maximum absolute atomic E-state index is 13.6. The Morgan fingerprint density at radius 1 is 0.814 bits per heavy atom. The van der Waals surface area contributed by atoms with Gasteiger partial charge in [0.05, 0.1) is 24.5 Å². The van der Waals surface area contributed by atoms with E-state index in [-0.39, 0.29) is 50.4 Å². The number of aliphatic hydroxyl groups excluding tert-OH is 1. The molecule has 7 nitrogen and oxygen atoms in total. The van der Waals surface area contributed by atoms with Crippen LogP contribution in [0.25, 0.3) is 0 Å². The van der Waals surface area contributed by atoms with Crippen molar-refractivity contribution in [3.8, 4) is 0 Å². The number of hydrogen-bond acceptors (Lipinski definition) is 5. The minimum Gasteiger partial charge on any atom is -0.463 e. The first kappa shape index (κ1) is 33.0. The van der Waals surface area contributed by atoms with Crippen LogP contribution in [0.4, 0.5) is 0 Å². The first-order valence-electron chi connectivity index (χ1n) is 14.6. The van der Waals surface area contributed by atoms with Crippen molar-refractivity contribution in [1.29, 1.82) is 0 Å². The summed E-state index contributed by atoms with van der Waals surface area (Å²) in [6.07, 6.45) is 4.55. The average molecular weight is 583 g/mol. The summed E-state index contributed by atoms with van der Waals surface area (Å²) in [5, 5.41) is 12.6. The second kappa shape index (κ2) is 18.1. The number of nitrogens with zero attached hydrogens (tertiary/aromatic N) is 1. The van der Waals surface area contributed by atoms with Crippen LogP contribution in [-0.2, 0) is 32.1 Å². The molecule has 3 aromatic carbocycles. The second-order valence-corrected chi connectivity index (χ2v) is 10.5. The standard InChI is InChI=1S/C36H42N2O5/c1-3-14-31(25-34(40)38(22-23-39)26-29-18-10-6-11-19-29)35(41)37-33(30-20-12-7-13-21-30)27-43-36(42)32(15-4-2)24-28-16-8-5-9-17-28/h3-13,16-21,31-33,39H,1-2,14-15,22-27H2,(H,37,41)/t31-,32+,33+/m0/s1. The van der Waals surface area contributed by atoms with Crippen molar-refractivity contribution in [2.24, 2.45) is 11.8 Å². The van der Waals surface area contributed by atoms with E-state index in [1.807, 2.05) is 91.0 Å². The van der Waals surface area contributed by atoms with Crippen LogP contribution in [-0.4, -0.2) is 47.5 Å². The Kier molecular flexibility index (Phi) is 13.9. The van der Waals surface area contributed by atoms with Crippen molar-refractivity contribution in [2.45, 2.75) is 38.3 Å². The van der Waals surface area contributed by atoms with E-state index in [1.165, 1.54) is 0 Å². The quantitative estimate of drug-likeness (QED) is 0.154. The van der Waals surface area contributed by atoms with Gasteiger partial charge in [-0.25, -0.2) is 0 Å². The summed E-state index contributed by atoms with van der Waals surface area (Å²) in [7, 11) is 0. The Hall–Kier alpha value is -4.49. The monoisotopic (exact) mass is 582 g/mol. The molecule has 0 saturated carbocycles. The molecule has 0 saturated heterocycles. The highest BCUT2D eigenvalue weighted by Gasteiger charge is 2.28. The first-order valence-corrected chi connectivity index (χ1v) is 14.6. The summed E-state index contributed by atoms with van der Waals surface area (Å²) >= 11 is 0. The second-order valence-electron chi connectivity index (χ2n) is 10.5. The molecule has 0 aliphatic rings. The molecule has 3 atom stereocenters. The van der Waals surface area contributed by atoms with E-state index in [2.05, 4.69) is 18.5 Å². The van der Waals surface area contributed by atoms with Gasteiger partial charge in [0.25, 0.3) is 0 Å². The number of ether oxygens (including phenoxy) is 1. The highest BCUT2D eigenvalue weighted by molar-refractivity contribution is 5.86. The minimum absolute atomic E-state index is 0.0511. The lowest BCUT2D eigenvalue weighted by Gasteiger charge is -2.26. The first-order chi connectivity index (χ1) is 20.9. The topological polar surface area (TPSA) is 95.9 Å². The molecule has 0 heterocycles. The van der Waals surface area contributed by atoms with Crippen molar-refractivity contribution < 1.29 is 24.2 Å². The number of benzene rings is 3. The number of hydrogen-bond donors (Lipinski definition) is 2. The molecule has 3 aromatic rings. The molecular weight excluding hydrogens is 540 g/mol. The Labute approximate surface area is 254 Å². The number of carbonyl (C=O) groups excluding carboxylic acids is 3. The minimum atomic E-state index is -0.685. The zero-order valence-electron chi connectivity index (χ0n) is 24.6. The molecule has 0 bridgehead atoms. The van der Waals surface area contributed by atoms with E-state index < -0.39 is 17.9 Å². The predicted molar refractivity (Wildman–Crippen MR) is 169 cm³/mol. The normalized spacial score (nSPS) is 12.8. The molecule has 0 fully saturated rings. The summed E-state index contributed by atoms with van der Waals surface area (Å²) < 4.78 is 5.78. The summed E-state index contributed by atoms with van der Waals surface area (Å²) in [6, 6.07) is 27.9. The molecule has 226 valence electrons. The van der Waals surface area contributed by atoms with E-state index in [1.54, 1.807) is 17.1 Å². The molecule has 2 N–H and O–H groups in total. The number of aliphatic hydroxyl groups is 1. The molecule has 43 heavy (non-hydrogen) atoms. The third-order valence-electron chi connectivity index (χ3n) is 7.20. The Balaban J connectivity index is 1.71. The van der Waals surface area contributed by atoms with Crippen molar-refractivity contribution >= 4 is 17.8 Å². The number of amides is 2. The lowest BCUT2D eigenvalue weighted by atomic mass is 9.96. The predicted octanol–water partition coefficient (Wildman–Crippen LogP) is 5.43. The molecule has 0 aromatic heterocycles. The van der Waals surface area contributed by atoms with E-state index in [0.29, 0.717) is 19.4 Å². The number of allylic oxidation sites excluding steroid dienone is 2. The Bertz CT molecular complexity index is 1300. The smallest absolute Gasteiger partial charge is 0.309 e. The van der Waals surface area contributed by atoms with Gasteiger partial charge in [0, 0.05) is 19.5 Å². The molecule has 0 aliphatic heterocycles. The van der Waals surface area contributed by atoms with Crippen LogP contribution in [0.1, 0.15) is 42.0 Å². The van der Waals surface area contributed by atoms with Crippen LogP contribution >= 0.6 is 0 Å².